The predicted octanol–water partition coefficient (Wildman–Crippen LogP) is 2.76. The third-order valence-corrected chi connectivity index (χ3v) is 6.01. The van der Waals surface area contributed by atoms with E-state index in [2.05, 4.69) is 13.5 Å². The number of rotatable bonds is 7. The van der Waals surface area contributed by atoms with Crippen molar-refractivity contribution < 1.29 is 33.5 Å². The highest BCUT2D eigenvalue weighted by atomic mass is 16.8. The van der Waals surface area contributed by atoms with Crippen molar-refractivity contribution in [2.24, 2.45) is 5.92 Å². The van der Waals surface area contributed by atoms with E-state index in [-0.39, 0.29) is 19.0 Å². The molecule has 2 unspecified atom stereocenters. The van der Waals surface area contributed by atoms with E-state index in [4.69, 9.17) is 28.4 Å². The third kappa shape index (κ3) is 4.78. The first-order valence-electron chi connectivity index (χ1n) is 10.4. The first kappa shape index (κ1) is 22.2. The summed E-state index contributed by atoms with van der Waals surface area (Å²) in [6.45, 7) is 11.0. The molecular weight excluding hydrogens is 364 g/mol. The van der Waals surface area contributed by atoms with Gasteiger partial charge in [-0.3, -0.25) is 0 Å². The maximum Gasteiger partial charge on any atom is 0.194 e. The van der Waals surface area contributed by atoms with Crippen LogP contribution in [0.15, 0.2) is 12.2 Å². The van der Waals surface area contributed by atoms with Crippen LogP contribution in [0.2, 0.25) is 0 Å². The van der Waals surface area contributed by atoms with Crippen LogP contribution in [0.3, 0.4) is 0 Å². The van der Waals surface area contributed by atoms with Gasteiger partial charge in [0, 0.05) is 20.0 Å². The van der Waals surface area contributed by atoms with E-state index in [9.17, 15) is 5.11 Å². The van der Waals surface area contributed by atoms with Crippen molar-refractivity contribution in [3.8, 4) is 0 Å². The van der Waals surface area contributed by atoms with Crippen molar-refractivity contribution in [3.63, 3.8) is 0 Å². The summed E-state index contributed by atoms with van der Waals surface area (Å²) < 4.78 is 35.9. The normalized spacial score (nSPS) is 37.7. The van der Waals surface area contributed by atoms with Gasteiger partial charge in [-0.05, 0) is 44.6 Å². The number of ether oxygens (including phenoxy) is 6. The van der Waals surface area contributed by atoms with Crippen molar-refractivity contribution in [1.82, 2.24) is 0 Å². The standard InChI is InChI=1S/C21H36O7/c1-14(2)18(22)16-7-6-8-21(27-16)12-15(3)11-17(28-21)19(24-13-23-5)20(4)25-9-10-26-20/h15-19,22H,1,6-13H2,2-5H3/t15-,16?,17+,18+,19?,21+/m1/s1. The summed E-state index contributed by atoms with van der Waals surface area (Å²) in [7, 11) is 1.59. The lowest BCUT2D eigenvalue weighted by molar-refractivity contribution is -0.361. The molecule has 1 N–H and O–H groups in total. The minimum atomic E-state index is -0.882. The lowest BCUT2D eigenvalue weighted by Gasteiger charge is -2.51. The molecule has 3 aliphatic heterocycles. The van der Waals surface area contributed by atoms with Gasteiger partial charge in [0.1, 0.15) is 19.0 Å². The SMILES string of the molecule is C=C(C)[C@H](O)C1CCC[C@]2(C[C@H](C)C[C@@H](C(OCOC)C3(C)OCCO3)O2)O1. The number of methoxy groups -OCH3 is 1. The van der Waals surface area contributed by atoms with Crippen molar-refractivity contribution >= 4 is 0 Å². The molecule has 7 heteroatoms. The van der Waals surface area contributed by atoms with Gasteiger partial charge in [0.15, 0.2) is 11.6 Å². The minimum Gasteiger partial charge on any atom is -0.386 e. The minimum absolute atomic E-state index is 0.131. The van der Waals surface area contributed by atoms with E-state index in [1.54, 1.807) is 7.11 Å². The Labute approximate surface area is 168 Å². The van der Waals surface area contributed by atoms with Crippen LogP contribution < -0.4 is 0 Å². The summed E-state index contributed by atoms with van der Waals surface area (Å²) in [5, 5.41) is 10.5. The van der Waals surface area contributed by atoms with Crippen LogP contribution in [-0.2, 0) is 28.4 Å². The first-order chi connectivity index (χ1) is 13.3. The van der Waals surface area contributed by atoms with Gasteiger partial charge in [-0.25, -0.2) is 0 Å². The number of aliphatic hydroxyl groups is 1. The Balaban J connectivity index is 1.79. The molecule has 3 saturated heterocycles. The Bertz CT molecular complexity index is 533. The summed E-state index contributed by atoms with van der Waals surface area (Å²) in [4.78, 5) is 0. The quantitative estimate of drug-likeness (QED) is 0.520. The van der Waals surface area contributed by atoms with Gasteiger partial charge in [-0.1, -0.05) is 13.5 Å². The molecule has 0 amide bonds. The maximum atomic E-state index is 10.5. The van der Waals surface area contributed by atoms with Crippen LogP contribution in [0.5, 0.6) is 0 Å². The zero-order valence-electron chi connectivity index (χ0n) is 17.6. The molecule has 0 aliphatic carbocycles. The predicted molar refractivity (Wildman–Crippen MR) is 103 cm³/mol. The highest BCUT2D eigenvalue weighted by Crippen LogP contribution is 2.45. The molecular formula is C21H36O7. The van der Waals surface area contributed by atoms with Gasteiger partial charge in [0.2, 0.25) is 0 Å². The molecule has 0 aromatic carbocycles. The summed E-state index contributed by atoms with van der Waals surface area (Å²) in [5.74, 6) is -1.24. The zero-order chi connectivity index (χ0) is 20.4. The summed E-state index contributed by atoms with van der Waals surface area (Å²) in [6.07, 6.45) is 2.44. The molecule has 6 atom stereocenters. The molecule has 3 fully saturated rings. The average molecular weight is 401 g/mol. The van der Waals surface area contributed by atoms with Crippen molar-refractivity contribution in [2.45, 2.75) is 88.9 Å². The molecule has 7 nitrogen and oxygen atoms in total. The van der Waals surface area contributed by atoms with Crippen LogP contribution in [0, 0.1) is 5.92 Å². The second-order valence-corrected chi connectivity index (χ2v) is 8.66. The fraction of sp³-hybridized carbons (Fsp3) is 0.905. The van der Waals surface area contributed by atoms with Crippen LogP contribution >= 0.6 is 0 Å². The molecule has 28 heavy (non-hydrogen) atoms. The van der Waals surface area contributed by atoms with Crippen LogP contribution in [0.25, 0.3) is 0 Å². The van der Waals surface area contributed by atoms with E-state index in [0.29, 0.717) is 24.7 Å². The lowest BCUT2D eigenvalue weighted by Crippen LogP contribution is -2.59. The van der Waals surface area contributed by atoms with Crippen molar-refractivity contribution in [3.05, 3.63) is 12.2 Å². The van der Waals surface area contributed by atoms with Gasteiger partial charge in [-0.15, -0.1) is 0 Å². The molecule has 0 saturated carbocycles. The second kappa shape index (κ2) is 9.08. The molecule has 162 valence electrons. The molecule has 0 bridgehead atoms. The number of aliphatic hydroxyl groups excluding tert-OH is 1. The maximum absolute atomic E-state index is 10.5. The highest BCUT2D eigenvalue weighted by Gasteiger charge is 2.53. The van der Waals surface area contributed by atoms with E-state index in [1.807, 2.05) is 13.8 Å². The topological polar surface area (TPSA) is 75.6 Å². The van der Waals surface area contributed by atoms with Gasteiger partial charge >= 0.3 is 0 Å². The fourth-order valence-corrected chi connectivity index (χ4v) is 4.74. The number of hydrogen-bond donors (Lipinski definition) is 1. The molecule has 0 radical (unpaired) electrons. The Morgan fingerprint density at radius 2 is 1.93 bits per heavy atom. The van der Waals surface area contributed by atoms with Crippen LogP contribution in [0.4, 0.5) is 0 Å². The van der Waals surface area contributed by atoms with E-state index in [0.717, 1.165) is 32.1 Å². The smallest absolute Gasteiger partial charge is 0.194 e. The fourth-order valence-electron chi connectivity index (χ4n) is 4.74. The average Bonchev–Trinajstić information content (AvgIpc) is 3.08. The number of hydrogen-bond acceptors (Lipinski definition) is 7. The molecule has 0 aromatic rings. The third-order valence-electron chi connectivity index (χ3n) is 6.01. The Morgan fingerprint density at radius 3 is 2.57 bits per heavy atom. The van der Waals surface area contributed by atoms with Crippen LogP contribution in [0.1, 0.15) is 52.9 Å². The van der Waals surface area contributed by atoms with Gasteiger partial charge in [0.25, 0.3) is 0 Å². The molecule has 3 rings (SSSR count). The molecule has 3 aliphatic rings. The highest BCUT2D eigenvalue weighted by molar-refractivity contribution is 5.03. The lowest BCUT2D eigenvalue weighted by atomic mass is 9.83. The molecule has 1 spiro atoms. The zero-order valence-corrected chi connectivity index (χ0v) is 17.6. The monoisotopic (exact) mass is 400 g/mol. The van der Waals surface area contributed by atoms with Crippen molar-refractivity contribution in [2.75, 3.05) is 27.1 Å². The molecule has 0 aromatic heterocycles. The Kier molecular flexibility index (Phi) is 7.18. The van der Waals surface area contributed by atoms with E-state index >= 15 is 0 Å². The Hall–Kier alpha value is -0.540. The van der Waals surface area contributed by atoms with Gasteiger partial charge < -0.3 is 33.5 Å². The van der Waals surface area contributed by atoms with Crippen LogP contribution in [-0.4, -0.2) is 68.2 Å². The summed E-state index contributed by atoms with van der Waals surface area (Å²) in [6, 6.07) is 0. The molecule has 3 heterocycles. The summed E-state index contributed by atoms with van der Waals surface area (Å²) in [5.41, 5.74) is 0.712. The summed E-state index contributed by atoms with van der Waals surface area (Å²) >= 11 is 0. The van der Waals surface area contributed by atoms with Crippen molar-refractivity contribution in [1.29, 1.82) is 0 Å². The first-order valence-corrected chi connectivity index (χ1v) is 10.4. The van der Waals surface area contributed by atoms with E-state index < -0.39 is 23.8 Å². The van der Waals surface area contributed by atoms with Gasteiger partial charge in [-0.2, -0.15) is 0 Å². The Morgan fingerprint density at radius 1 is 1.25 bits per heavy atom. The van der Waals surface area contributed by atoms with E-state index in [1.165, 1.54) is 0 Å². The van der Waals surface area contributed by atoms with Gasteiger partial charge in [0.05, 0.1) is 25.4 Å². The largest absolute Gasteiger partial charge is 0.386 e. The second-order valence-electron chi connectivity index (χ2n) is 8.66.